The van der Waals surface area contributed by atoms with E-state index in [0.29, 0.717) is 0 Å². The molecule has 1 atom stereocenters. The second kappa shape index (κ2) is 7.52. The molecule has 0 aliphatic carbocycles. The number of rotatable bonds is 6. The van der Waals surface area contributed by atoms with E-state index in [1.54, 1.807) is 13.8 Å². The highest BCUT2D eigenvalue weighted by Gasteiger charge is 2.34. The van der Waals surface area contributed by atoms with Gasteiger partial charge in [-0.2, -0.15) is 0 Å². The van der Waals surface area contributed by atoms with Crippen molar-refractivity contribution in [2.45, 2.75) is 20.0 Å². The van der Waals surface area contributed by atoms with Gasteiger partial charge in [0, 0.05) is 24.6 Å². The third-order valence-corrected chi connectivity index (χ3v) is 2.38. The summed E-state index contributed by atoms with van der Waals surface area (Å²) in [5.74, 6) is -2.00. The van der Waals surface area contributed by atoms with E-state index in [0.717, 1.165) is 12.2 Å². The van der Waals surface area contributed by atoms with E-state index in [1.165, 1.54) is 14.2 Å². The first-order valence-corrected chi connectivity index (χ1v) is 5.57. The lowest BCUT2D eigenvalue weighted by atomic mass is 9.87. The predicted molar refractivity (Wildman–Crippen MR) is 66.0 cm³/mol. The minimum absolute atomic E-state index is 0.175. The van der Waals surface area contributed by atoms with E-state index in [1.807, 2.05) is 0 Å². The molecule has 0 radical (unpaired) electrons. The molecule has 2 N–H and O–H groups in total. The number of amides is 1. The van der Waals surface area contributed by atoms with Gasteiger partial charge in [0.1, 0.15) is 6.10 Å². The highest BCUT2D eigenvalue weighted by molar-refractivity contribution is 5.91. The summed E-state index contributed by atoms with van der Waals surface area (Å²) in [6.07, 6.45) is 0.522. The van der Waals surface area contributed by atoms with Crippen LogP contribution in [0.2, 0.25) is 0 Å². The predicted octanol–water partition coefficient (Wildman–Crippen LogP) is -0.608. The third-order valence-electron chi connectivity index (χ3n) is 2.38. The topological polar surface area (TPSA) is 102 Å². The van der Waals surface area contributed by atoms with E-state index >= 15 is 0 Å². The van der Waals surface area contributed by atoms with E-state index in [-0.39, 0.29) is 6.61 Å². The fraction of sp³-hybridized carbons (Fsp3) is 0.583. The summed E-state index contributed by atoms with van der Waals surface area (Å²) in [6.45, 7) is 2.97. The van der Waals surface area contributed by atoms with Gasteiger partial charge in [0.25, 0.3) is 0 Å². The van der Waals surface area contributed by atoms with Crippen LogP contribution in [0.15, 0.2) is 12.2 Å². The van der Waals surface area contributed by atoms with Crippen molar-refractivity contribution in [1.29, 1.82) is 0 Å². The minimum Gasteiger partial charge on any atom is -0.466 e. The number of hydrogen-bond donors (Lipinski definition) is 2. The average Bonchev–Trinajstić information content (AvgIpc) is 2.40. The second-order valence-electron chi connectivity index (χ2n) is 4.47. The smallest absolute Gasteiger partial charge is 0.331 e. The maximum absolute atomic E-state index is 11.3. The highest BCUT2D eigenvalue weighted by atomic mass is 16.5. The minimum atomic E-state index is -1.31. The Morgan fingerprint density at radius 3 is 2.26 bits per heavy atom. The van der Waals surface area contributed by atoms with Gasteiger partial charge in [0.15, 0.2) is 0 Å². The number of carbonyl (C=O) groups excluding carboxylic acids is 3. The molecule has 0 bridgehead atoms. The fourth-order valence-corrected chi connectivity index (χ4v) is 1.08. The summed E-state index contributed by atoms with van der Waals surface area (Å²) in [7, 11) is 2.58. The Hall–Kier alpha value is -1.89. The Kier molecular flexibility index (Phi) is 6.78. The van der Waals surface area contributed by atoms with Crippen molar-refractivity contribution in [1.82, 2.24) is 5.32 Å². The van der Waals surface area contributed by atoms with Crippen molar-refractivity contribution in [3.05, 3.63) is 12.2 Å². The molecule has 0 aromatic heterocycles. The number of aliphatic hydroxyl groups is 1. The van der Waals surface area contributed by atoms with Crippen molar-refractivity contribution in [3.63, 3.8) is 0 Å². The molecule has 0 heterocycles. The van der Waals surface area contributed by atoms with Crippen LogP contribution in [0.5, 0.6) is 0 Å². The molecular weight excluding hydrogens is 254 g/mol. The van der Waals surface area contributed by atoms with Crippen LogP contribution in [0, 0.1) is 5.41 Å². The van der Waals surface area contributed by atoms with Crippen molar-refractivity contribution in [2.24, 2.45) is 5.41 Å². The zero-order valence-corrected chi connectivity index (χ0v) is 11.4. The van der Waals surface area contributed by atoms with Gasteiger partial charge in [-0.05, 0) is 0 Å². The van der Waals surface area contributed by atoms with Gasteiger partial charge in [-0.1, -0.05) is 13.8 Å². The standard InChI is InChI=1S/C12H19NO6/c1-12(2,10(16)11(17)13-3)7-19-9(15)6-5-8(14)18-4/h5-6,10,16H,7H2,1-4H3,(H,13,17)/b6-5+/t10-/m0/s1. The zero-order valence-electron chi connectivity index (χ0n) is 11.4. The molecule has 0 aliphatic heterocycles. The molecule has 0 rings (SSSR count). The molecule has 19 heavy (non-hydrogen) atoms. The van der Waals surface area contributed by atoms with Crippen LogP contribution >= 0.6 is 0 Å². The van der Waals surface area contributed by atoms with Crippen molar-refractivity contribution >= 4 is 17.8 Å². The molecule has 0 aromatic rings. The fourth-order valence-electron chi connectivity index (χ4n) is 1.08. The molecule has 108 valence electrons. The van der Waals surface area contributed by atoms with Gasteiger partial charge >= 0.3 is 11.9 Å². The number of ether oxygens (including phenoxy) is 2. The largest absolute Gasteiger partial charge is 0.466 e. The molecule has 0 fully saturated rings. The zero-order chi connectivity index (χ0) is 15.1. The molecule has 0 aromatic carbocycles. The SMILES string of the molecule is CNC(=O)[C@H](O)C(C)(C)COC(=O)/C=C/C(=O)OC. The second-order valence-corrected chi connectivity index (χ2v) is 4.47. The molecule has 7 nitrogen and oxygen atoms in total. The van der Waals surface area contributed by atoms with Gasteiger partial charge in [-0.15, -0.1) is 0 Å². The molecule has 0 spiro atoms. The number of likely N-dealkylation sites (N-methyl/N-ethyl adjacent to an activating group) is 1. The van der Waals surface area contributed by atoms with Crippen LogP contribution < -0.4 is 5.32 Å². The summed E-state index contributed by atoms with van der Waals surface area (Å²) in [4.78, 5) is 33.3. The molecule has 0 saturated carbocycles. The summed E-state index contributed by atoms with van der Waals surface area (Å²) < 4.78 is 9.15. The average molecular weight is 273 g/mol. The van der Waals surface area contributed by atoms with Crippen LogP contribution in [-0.2, 0) is 23.9 Å². The van der Waals surface area contributed by atoms with Crippen molar-refractivity contribution < 1.29 is 29.0 Å². The third kappa shape index (κ3) is 6.01. The number of esters is 2. The monoisotopic (exact) mass is 273 g/mol. The number of carbonyl (C=O) groups is 3. The maximum atomic E-state index is 11.3. The van der Waals surface area contributed by atoms with Gasteiger partial charge in [0.05, 0.1) is 13.7 Å². The van der Waals surface area contributed by atoms with Crippen LogP contribution in [0.4, 0.5) is 0 Å². The Labute approximate surface area is 111 Å². The van der Waals surface area contributed by atoms with E-state index in [9.17, 15) is 19.5 Å². The van der Waals surface area contributed by atoms with E-state index in [2.05, 4.69) is 10.1 Å². The first-order valence-electron chi connectivity index (χ1n) is 5.57. The van der Waals surface area contributed by atoms with Crippen LogP contribution in [0.3, 0.4) is 0 Å². The Morgan fingerprint density at radius 1 is 1.26 bits per heavy atom. The van der Waals surface area contributed by atoms with Crippen molar-refractivity contribution in [3.8, 4) is 0 Å². The number of hydrogen-bond acceptors (Lipinski definition) is 6. The maximum Gasteiger partial charge on any atom is 0.331 e. The summed E-state index contributed by atoms with van der Waals surface area (Å²) in [5.41, 5.74) is -0.950. The van der Waals surface area contributed by atoms with E-state index < -0.39 is 29.4 Å². The first kappa shape index (κ1) is 17.1. The van der Waals surface area contributed by atoms with Gasteiger partial charge < -0.3 is 19.9 Å². The molecule has 0 unspecified atom stereocenters. The molecule has 0 saturated heterocycles. The lowest BCUT2D eigenvalue weighted by Gasteiger charge is -2.28. The Morgan fingerprint density at radius 2 is 1.79 bits per heavy atom. The summed E-state index contributed by atoms with van der Waals surface area (Å²) in [5, 5.41) is 12.0. The first-order chi connectivity index (χ1) is 8.74. The van der Waals surface area contributed by atoms with Crippen molar-refractivity contribution in [2.75, 3.05) is 20.8 Å². The van der Waals surface area contributed by atoms with Gasteiger partial charge in [-0.3, -0.25) is 4.79 Å². The number of methoxy groups -OCH3 is 1. The molecule has 0 aliphatic rings. The Bertz CT molecular complexity index is 374. The lowest BCUT2D eigenvalue weighted by molar-refractivity contribution is -0.149. The molecule has 1 amide bonds. The molecule has 7 heteroatoms. The van der Waals surface area contributed by atoms with Gasteiger partial charge in [0.2, 0.25) is 5.91 Å². The van der Waals surface area contributed by atoms with Crippen LogP contribution in [0.25, 0.3) is 0 Å². The quantitative estimate of drug-likeness (QED) is 0.494. The molecular formula is C12H19NO6. The van der Waals surface area contributed by atoms with Crippen LogP contribution in [-0.4, -0.2) is 49.8 Å². The highest BCUT2D eigenvalue weighted by Crippen LogP contribution is 2.21. The lowest BCUT2D eigenvalue weighted by Crippen LogP contribution is -2.45. The van der Waals surface area contributed by atoms with Crippen LogP contribution in [0.1, 0.15) is 13.8 Å². The van der Waals surface area contributed by atoms with Gasteiger partial charge in [-0.25, -0.2) is 9.59 Å². The number of aliphatic hydroxyl groups excluding tert-OH is 1. The summed E-state index contributed by atoms with van der Waals surface area (Å²) >= 11 is 0. The summed E-state index contributed by atoms with van der Waals surface area (Å²) in [6, 6.07) is 0. The normalized spacial score (nSPS) is 12.9. The number of nitrogens with one attached hydrogen (secondary N) is 1. The Balaban J connectivity index is 4.38. The van der Waals surface area contributed by atoms with E-state index in [4.69, 9.17) is 4.74 Å².